The summed E-state index contributed by atoms with van der Waals surface area (Å²) in [5.74, 6) is 2.36. The van der Waals surface area contributed by atoms with Crippen LogP contribution in [0.4, 0.5) is 0 Å². The number of hydrogen-bond donors (Lipinski definition) is 0. The Kier molecular flexibility index (Phi) is 8.52. The Morgan fingerprint density at radius 3 is 0.811 bits per heavy atom. The van der Waals surface area contributed by atoms with Crippen LogP contribution < -0.4 is 13.2 Å². The van der Waals surface area contributed by atoms with Gasteiger partial charge in [-0.15, -0.1) is 0 Å². The normalized spacial score (nSPS) is 20.4. The molecule has 0 spiro atoms. The molecule has 0 bridgehead atoms. The fourth-order valence-corrected chi connectivity index (χ4v) is 12.8. The third kappa shape index (κ3) is 6.11. The molecule has 3 saturated carbocycles. The van der Waals surface area contributed by atoms with E-state index in [4.69, 9.17) is 0 Å². The quantitative estimate of drug-likeness (QED) is 0.271. The second kappa shape index (κ2) is 12.4. The van der Waals surface area contributed by atoms with Gasteiger partial charge in [0.05, 0.1) is 0 Å². The molecule has 0 heterocycles. The van der Waals surface area contributed by atoms with E-state index in [-0.39, 0.29) is 0 Å². The number of hydrogen-bond acceptors (Lipinski definition) is 0. The molecule has 193 valence electrons. The summed E-state index contributed by atoms with van der Waals surface area (Å²) in [6.07, 6.45) is 21.0. The van der Waals surface area contributed by atoms with Crippen molar-refractivity contribution in [3.8, 4) is 0 Å². The van der Waals surface area contributed by atoms with Gasteiger partial charge in [-0.2, -0.15) is 0 Å². The molecule has 6 rings (SSSR count). The average Bonchev–Trinajstić information content (AvgIpc) is 3.00. The van der Waals surface area contributed by atoms with Crippen molar-refractivity contribution in [1.29, 1.82) is 0 Å². The zero-order valence-corrected chi connectivity index (χ0v) is 24.9. The van der Waals surface area contributed by atoms with Crippen LogP contribution in [0.2, 0.25) is 0 Å². The van der Waals surface area contributed by atoms with E-state index in [0.717, 1.165) is 17.8 Å². The maximum atomic E-state index is 2.52. The Morgan fingerprint density at radius 2 is 0.568 bits per heavy atom. The van der Waals surface area contributed by atoms with Crippen LogP contribution in [-0.2, 0) is 0 Å². The molecule has 1 heteroatoms. The molecule has 0 saturated heterocycles. The van der Waals surface area contributed by atoms with Crippen LogP contribution in [0.3, 0.4) is 0 Å². The molecule has 0 unspecified atom stereocenters. The molecule has 1 radical (unpaired) electrons. The Bertz CT molecular complexity index is 947. The number of rotatable bonds is 6. The standard InChI is InChI=1S/C36H45Ge/c1-4-10-28(11-5-1)31-16-22-34(23-17-31)37(35-24-18-32(19-25-35)29-12-6-2-7-13-29)36-26-20-33(21-27-36)30-14-8-3-9-15-30/h16-30H,1-15H2. The van der Waals surface area contributed by atoms with Crippen molar-refractivity contribution in [3.05, 3.63) is 89.5 Å². The van der Waals surface area contributed by atoms with Gasteiger partial charge in [-0.1, -0.05) is 0 Å². The van der Waals surface area contributed by atoms with Gasteiger partial charge >= 0.3 is 231 Å². The van der Waals surface area contributed by atoms with Crippen LogP contribution in [0, 0.1) is 0 Å². The summed E-state index contributed by atoms with van der Waals surface area (Å²) in [6.45, 7) is 0. The van der Waals surface area contributed by atoms with Gasteiger partial charge in [0.1, 0.15) is 0 Å². The summed E-state index contributed by atoms with van der Waals surface area (Å²) in [6, 6.07) is 30.1. The second-order valence-corrected chi connectivity index (χ2v) is 17.5. The Labute approximate surface area is 230 Å². The minimum absolute atomic E-state index is 0.788. The van der Waals surface area contributed by atoms with Crippen molar-refractivity contribution < 1.29 is 0 Å². The molecule has 0 amide bonds. The van der Waals surface area contributed by atoms with Gasteiger partial charge in [0.15, 0.2) is 0 Å². The average molecular weight is 550 g/mol. The van der Waals surface area contributed by atoms with Crippen LogP contribution in [0.1, 0.15) is 131 Å². The molecule has 3 fully saturated rings. The van der Waals surface area contributed by atoms with Gasteiger partial charge in [0.2, 0.25) is 0 Å². The van der Waals surface area contributed by atoms with E-state index in [2.05, 4.69) is 72.8 Å². The van der Waals surface area contributed by atoms with E-state index in [0.29, 0.717) is 0 Å². The number of benzene rings is 3. The molecule has 3 aromatic carbocycles. The van der Waals surface area contributed by atoms with E-state index in [1.165, 1.54) is 96.3 Å². The van der Waals surface area contributed by atoms with Crippen LogP contribution in [0.5, 0.6) is 0 Å². The fourth-order valence-electron chi connectivity index (χ4n) is 7.57. The Morgan fingerprint density at radius 1 is 0.324 bits per heavy atom. The van der Waals surface area contributed by atoms with Crippen LogP contribution in [0.15, 0.2) is 72.8 Å². The zero-order chi connectivity index (χ0) is 24.9. The first kappa shape index (κ1) is 25.5. The minimum atomic E-state index is -1.86. The van der Waals surface area contributed by atoms with E-state index >= 15 is 0 Å². The summed E-state index contributed by atoms with van der Waals surface area (Å²) in [4.78, 5) is 0. The molecule has 0 atom stereocenters. The van der Waals surface area contributed by atoms with Crippen molar-refractivity contribution in [2.45, 2.75) is 114 Å². The third-order valence-electron chi connectivity index (χ3n) is 9.83. The molecule has 3 aromatic rings. The molecular formula is C36H45Ge. The Hall–Kier alpha value is -1.80. The van der Waals surface area contributed by atoms with Crippen molar-refractivity contribution in [2.75, 3.05) is 0 Å². The summed E-state index contributed by atoms with van der Waals surface area (Å²) >= 11 is -1.86. The second-order valence-electron chi connectivity index (χ2n) is 12.2. The predicted molar refractivity (Wildman–Crippen MR) is 161 cm³/mol. The molecular weight excluding hydrogens is 505 g/mol. The van der Waals surface area contributed by atoms with Crippen LogP contribution in [-0.4, -0.2) is 14.3 Å². The molecule has 37 heavy (non-hydrogen) atoms. The maximum absolute atomic E-state index is 2.52. The summed E-state index contributed by atoms with van der Waals surface area (Å²) in [5.41, 5.74) is 4.75. The summed E-state index contributed by atoms with van der Waals surface area (Å²) in [5, 5.41) is 0. The monoisotopic (exact) mass is 551 g/mol. The molecule has 3 aliphatic rings. The van der Waals surface area contributed by atoms with E-state index < -0.39 is 14.3 Å². The summed E-state index contributed by atoms with van der Waals surface area (Å²) in [7, 11) is 0. The van der Waals surface area contributed by atoms with Gasteiger partial charge in [-0.05, 0) is 0 Å². The van der Waals surface area contributed by atoms with Crippen molar-refractivity contribution in [3.63, 3.8) is 0 Å². The SMILES string of the molecule is c1c[c]([Ge]([c]2ccc(C3CCCCC3)cc2)[c]2ccc(C3CCCCC3)cc2)ccc1C1CCCCC1. The van der Waals surface area contributed by atoms with E-state index in [1.807, 2.05) is 0 Å². The fraction of sp³-hybridized carbons (Fsp3) is 0.500. The first-order chi connectivity index (χ1) is 18.3. The molecule has 0 nitrogen and oxygen atoms in total. The van der Waals surface area contributed by atoms with Crippen LogP contribution >= 0.6 is 0 Å². The summed E-state index contributed by atoms with van der Waals surface area (Å²) < 4.78 is 4.82. The van der Waals surface area contributed by atoms with Gasteiger partial charge in [0, 0.05) is 0 Å². The van der Waals surface area contributed by atoms with Gasteiger partial charge in [-0.3, -0.25) is 0 Å². The topological polar surface area (TPSA) is 0 Å². The molecule has 0 N–H and O–H groups in total. The van der Waals surface area contributed by atoms with Crippen LogP contribution in [0.25, 0.3) is 0 Å². The zero-order valence-electron chi connectivity index (χ0n) is 22.8. The van der Waals surface area contributed by atoms with E-state index in [9.17, 15) is 0 Å². The predicted octanol–water partition coefficient (Wildman–Crippen LogP) is 8.35. The molecule has 0 aromatic heterocycles. The first-order valence-corrected chi connectivity index (χ1v) is 18.7. The molecule has 0 aliphatic heterocycles. The van der Waals surface area contributed by atoms with Crippen molar-refractivity contribution in [1.82, 2.24) is 0 Å². The van der Waals surface area contributed by atoms with Gasteiger partial charge in [-0.25, -0.2) is 0 Å². The molecule has 3 aliphatic carbocycles. The van der Waals surface area contributed by atoms with E-state index in [1.54, 1.807) is 29.9 Å². The third-order valence-corrected chi connectivity index (χ3v) is 15.6. The van der Waals surface area contributed by atoms with Gasteiger partial charge in [0.25, 0.3) is 0 Å². The van der Waals surface area contributed by atoms with Crippen molar-refractivity contribution in [2.24, 2.45) is 0 Å². The first-order valence-electron chi connectivity index (χ1n) is 15.5. The van der Waals surface area contributed by atoms with Crippen molar-refractivity contribution >= 4 is 27.5 Å². The Balaban J connectivity index is 1.29. The van der Waals surface area contributed by atoms with Gasteiger partial charge < -0.3 is 0 Å².